The number of pyridine rings is 1. The SMILES string of the molecule is Cc1cccc(CO[C@H]2CSC3(C2)CN(C(=O)[C@@H]2Cc4ccccc4O2)C3)n1. The molecular formula is C22H24N2O3S. The second-order valence-electron chi connectivity index (χ2n) is 8.01. The van der Waals surface area contributed by atoms with Crippen molar-refractivity contribution < 1.29 is 14.3 Å². The van der Waals surface area contributed by atoms with Gasteiger partial charge in [-0.2, -0.15) is 0 Å². The maximum atomic E-state index is 12.8. The van der Waals surface area contributed by atoms with Gasteiger partial charge in [-0.15, -0.1) is 11.8 Å². The number of benzene rings is 1. The number of fused-ring (bicyclic) bond motifs is 1. The second kappa shape index (κ2) is 7.08. The van der Waals surface area contributed by atoms with Crippen LogP contribution < -0.4 is 4.74 Å². The summed E-state index contributed by atoms with van der Waals surface area (Å²) < 4.78 is 12.1. The Labute approximate surface area is 169 Å². The summed E-state index contributed by atoms with van der Waals surface area (Å²) >= 11 is 1.95. The molecule has 2 fully saturated rings. The summed E-state index contributed by atoms with van der Waals surface area (Å²) in [5, 5.41) is 0. The maximum Gasteiger partial charge on any atom is 0.264 e. The van der Waals surface area contributed by atoms with Gasteiger partial charge in [-0.3, -0.25) is 9.78 Å². The van der Waals surface area contributed by atoms with Crippen LogP contribution in [0.5, 0.6) is 5.75 Å². The molecule has 1 aromatic carbocycles. The molecule has 0 bridgehead atoms. The van der Waals surface area contributed by atoms with Crippen molar-refractivity contribution in [3.63, 3.8) is 0 Å². The van der Waals surface area contributed by atoms with Crippen LogP contribution in [-0.2, 0) is 22.6 Å². The first-order valence-corrected chi connectivity index (χ1v) is 10.8. The van der Waals surface area contributed by atoms with E-state index >= 15 is 0 Å². The number of nitrogens with zero attached hydrogens (tertiary/aromatic N) is 2. The number of thioether (sulfide) groups is 1. The summed E-state index contributed by atoms with van der Waals surface area (Å²) in [6.07, 6.45) is 1.55. The van der Waals surface area contributed by atoms with Crippen LogP contribution in [0.2, 0.25) is 0 Å². The van der Waals surface area contributed by atoms with Gasteiger partial charge in [-0.25, -0.2) is 0 Å². The maximum absolute atomic E-state index is 12.8. The molecule has 0 aliphatic carbocycles. The highest BCUT2D eigenvalue weighted by Crippen LogP contribution is 2.46. The number of carbonyl (C=O) groups is 1. The molecule has 1 amide bonds. The minimum absolute atomic E-state index is 0.121. The number of hydrogen-bond donors (Lipinski definition) is 0. The molecular weight excluding hydrogens is 372 g/mol. The molecule has 2 saturated heterocycles. The lowest BCUT2D eigenvalue weighted by Crippen LogP contribution is -2.63. The molecule has 1 aromatic heterocycles. The number of ether oxygens (including phenoxy) is 2. The lowest BCUT2D eigenvalue weighted by Gasteiger charge is -2.48. The van der Waals surface area contributed by atoms with Crippen LogP contribution in [0.3, 0.4) is 0 Å². The van der Waals surface area contributed by atoms with Crippen molar-refractivity contribution in [1.82, 2.24) is 9.88 Å². The van der Waals surface area contributed by atoms with Crippen LogP contribution in [0.1, 0.15) is 23.4 Å². The van der Waals surface area contributed by atoms with Crippen LogP contribution in [0.25, 0.3) is 0 Å². The Bertz CT molecular complexity index is 872. The van der Waals surface area contributed by atoms with Gasteiger partial charge in [0, 0.05) is 31.0 Å². The Morgan fingerprint density at radius 1 is 1.29 bits per heavy atom. The average molecular weight is 397 g/mol. The number of aromatic nitrogens is 1. The Morgan fingerprint density at radius 3 is 2.96 bits per heavy atom. The molecule has 28 heavy (non-hydrogen) atoms. The van der Waals surface area contributed by atoms with Crippen molar-refractivity contribution in [3.8, 4) is 5.75 Å². The van der Waals surface area contributed by atoms with Gasteiger partial charge in [-0.1, -0.05) is 24.3 Å². The average Bonchev–Trinajstić information content (AvgIpc) is 3.29. The standard InChI is InChI=1S/C22H24N2O3S/c1-15-5-4-7-17(23-15)11-26-18-10-22(28-12-18)13-24(14-22)21(25)20-9-16-6-2-3-8-19(16)27-20/h2-8,18,20H,9-14H2,1H3/t18-,20+/m1/s1. The molecule has 3 aliphatic rings. The van der Waals surface area contributed by atoms with Gasteiger partial charge in [-0.05, 0) is 37.1 Å². The van der Waals surface area contributed by atoms with Crippen molar-refractivity contribution in [1.29, 1.82) is 0 Å². The van der Waals surface area contributed by atoms with Gasteiger partial charge in [0.15, 0.2) is 6.10 Å². The van der Waals surface area contributed by atoms with Gasteiger partial charge in [0.05, 0.1) is 23.2 Å². The van der Waals surface area contributed by atoms with Gasteiger partial charge < -0.3 is 14.4 Å². The summed E-state index contributed by atoms with van der Waals surface area (Å²) in [6.45, 7) is 4.15. The zero-order valence-electron chi connectivity index (χ0n) is 16.0. The van der Waals surface area contributed by atoms with E-state index in [1.165, 1.54) is 0 Å². The van der Waals surface area contributed by atoms with E-state index in [4.69, 9.17) is 9.47 Å². The molecule has 4 heterocycles. The number of para-hydroxylation sites is 1. The van der Waals surface area contributed by atoms with Crippen LogP contribution >= 0.6 is 11.8 Å². The Morgan fingerprint density at radius 2 is 2.14 bits per heavy atom. The fraction of sp³-hybridized carbons (Fsp3) is 0.455. The van der Waals surface area contributed by atoms with Crippen molar-refractivity contribution in [2.45, 2.75) is 43.3 Å². The third-order valence-electron chi connectivity index (χ3n) is 5.78. The topological polar surface area (TPSA) is 51.7 Å². The minimum atomic E-state index is -0.361. The first-order valence-electron chi connectivity index (χ1n) is 9.82. The van der Waals surface area contributed by atoms with Gasteiger partial charge in [0.1, 0.15) is 5.75 Å². The summed E-state index contributed by atoms with van der Waals surface area (Å²) in [6, 6.07) is 14.0. The van der Waals surface area contributed by atoms with E-state index in [1.54, 1.807) is 0 Å². The molecule has 3 aliphatic heterocycles. The number of aryl methyl sites for hydroxylation is 1. The van der Waals surface area contributed by atoms with Gasteiger partial charge in [0.25, 0.3) is 5.91 Å². The number of rotatable bonds is 4. The molecule has 0 saturated carbocycles. The minimum Gasteiger partial charge on any atom is -0.480 e. The summed E-state index contributed by atoms with van der Waals surface area (Å²) in [4.78, 5) is 19.3. The number of carbonyl (C=O) groups excluding carboxylic acids is 1. The van der Waals surface area contributed by atoms with Crippen molar-refractivity contribution in [2.75, 3.05) is 18.8 Å². The third-order valence-corrected chi connectivity index (χ3v) is 7.36. The van der Waals surface area contributed by atoms with E-state index in [0.717, 1.165) is 48.0 Å². The fourth-order valence-corrected chi connectivity index (χ4v) is 5.89. The molecule has 0 radical (unpaired) electrons. The molecule has 146 valence electrons. The molecule has 2 aromatic rings. The molecule has 6 heteroatoms. The number of likely N-dealkylation sites (tertiary alicyclic amines) is 1. The van der Waals surface area contributed by atoms with Crippen LogP contribution in [0.15, 0.2) is 42.5 Å². The molecule has 5 nitrogen and oxygen atoms in total. The first kappa shape index (κ1) is 18.0. The molecule has 0 N–H and O–H groups in total. The Kier molecular flexibility index (Phi) is 4.56. The third kappa shape index (κ3) is 3.40. The normalized spacial score (nSPS) is 24.7. The van der Waals surface area contributed by atoms with E-state index in [9.17, 15) is 4.79 Å². The van der Waals surface area contributed by atoms with Crippen LogP contribution in [0, 0.1) is 6.92 Å². The van der Waals surface area contributed by atoms with Crippen molar-refractivity contribution in [3.05, 3.63) is 59.4 Å². The molecule has 2 atom stereocenters. The number of hydrogen-bond acceptors (Lipinski definition) is 5. The van der Waals surface area contributed by atoms with E-state index < -0.39 is 0 Å². The van der Waals surface area contributed by atoms with E-state index in [0.29, 0.717) is 13.0 Å². The van der Waals surface area contributed by atoms with E-state index in [2.05, 4.69) is 4.98 Å². The Balaban J connectivity index is 1.11. The predicted molar refractivity (Wildman–Crippen MR) is 108 cm³/mol. The molecule has 1 spiro atoms. The van der Waals surface area contributed by atoms with Crippen molar-refractivity contribution in [2.24, 2.45) is 0 Å². The summed E-state index contributed by atoms with van der Waals surface area (Å²) in [7, 11) is 0. The lowest BCUT2D eigenvalue weighted by molar-refractivity contribution is -0.143. The lowest BCUT2D eigenvalue weighted by atomic mass is 9.92. The molecule has 0 unspecified atom stereocenters. The summed E-state index contributed by atoms with van der Waals surface area (Å²) in [5.74, 6) is 1.96. The second-order valence-corrected chi connectivity index (χ2v) is 9.50. The fourth-order valence-electron chi connectivity index (χ4n) is 4.34. The van der Waals surface area contributed by atoms with Crippen molar-refractivity contribution >= 4 is 17.7 Å². The predicted octanol–water partition coefficient (Wildman–Crippen LogP) is 3.00. The van der Waals surface area contributed by atoms with Crippen LogP contribution in [0.4, 0.5) is 0 Å². The zero-order valence-corrected chi connectivity index (χ0v) is 16.8. The highest BCUT2D eigenvalue weighted by molar-refractivity contribution is 8.01. The molecule has 5 rings (SSSR count). The first-order chi connectivity index (χ1) is 13.6. The van der Waals surface area contributed by atoms with Crippen LogP contribution in [-0.4, -0.2) is 51.6 Å². The smallest absolute Gasteiger partial charge is 0.264 e. The largest absolute Gasteiger partial charge is 0.480 e. The summed E-state index contributed by atoms with van der Waals surface area (Å²) in [5.41, 5.74) is 3.13. The highest BCUT2D eigenvalue weighted by atomic mass is 32.2. The highest BCUT2D eigenvalue weighted by Gasteiger charge is 2.52. The quantitative estimate of drug-likeness (QED) is 0.795. The van der Waals surface area contributed by atoms with E-state index in [1.807, 2.05) is 66.1 Å². The monoisotopic (exact) mass is 396 g/mol. The zero-order chi connectivity index (χ0) is 19.1. The van der Waals surface area contributed by atoms with Gasteiger partial charge >= 0.3 is 0 Å². The number of amides is 1. The Hall–Kier alpha value is -2.05. The van der Waals surface area contributed by atoms with E-state index in [-0.39, 0.29) is 22.9 Å². The van der Waals surface area contributed by atoms with Gasteiger partial charge in [0.2, 0.25) is 0 Å².